The smallest absolute Gasteiger partial charge is 0.148 e. The van der Waals surface area contributed by atoms with Gasteiger partial charge in [0.05, 0.1) is 12.4 Å². The number of likely N-dealkylation sites (N-methyl/N-ethyl adjacent to an activating group) is 1. The summed E-state index contributed by atoms with van der Waals surface area (Å²) in [5.74, 6) is 0.145. The van der Waals surface area contributed by atoms with Crippen molar-refractivity contribution in [2.24, 2.45) is 0 Å². The molecule has 1 atom stereocenters. The van der Waals surface area contributed by atoms with Crippen LogP contribution in [-0.4, -0.2) is 28.4 Å². The molecule has 12 heavy (non-hydrogen) atoms. The minimum atomic E-state index is -0.112. The van der Waals surface area contributed by atoms with Gasteiger partial charge in [0.15, 0.2) is 0 Å². The summed E-state index contributed by atoms with van der Waals surface area (Å²) in [6, 6.07) is -0.112. The number of hydrogen-bond acceptors (Lipinski definition) is 3. The number of Topliss-reactive ketones (excluding diaryl/α,β-unsaturated/α-hetero) is 1. The Labute approximate surface area is 71.6 Å². The topological polar surface area (TPSA) is 46.9 Å². The van der Waals surface area contributed by atoms with E-state index in [2.05, 4.69) is 10.3 Å². The molecule has 1 aromatic rings. The molecule has 0 aliphatic carbocycles. The average Bonchev–Trinajstić information content (AvgIpc) is 2.51. The Morgan fingerprint density at radius 1 is 1.75 bits per heavy atom. The molecule has 4 nitrogen and oxygen atoms in total. The number of carbonyl (C=O) groups is 1. The maximum Gasteiger partial charge on any atom is 0.148 e. The molecule has 1 rings (SSSR count). The summed E-state index contributed by atoms with van der Waals surface area (Å²) < 4.78 is 1.88. The minimum absolute atomic E-state index is 0.112. The van der Waals surface area contributed by atoms with E-state index in [0.29, 0.717) is 6.54 Å². The monoisotopic (exact) mass is 167 g/mol. The summed E-state index contributed by atoms with van der Waals surface area (Å²) in [7, 11) is 1.78. The summed E-state index contributed by atoms with van der Waals surface area (Å²) in [5.41, 5.74) is 0. The van der Waals surface area contributed by atoms with Crippen LogP contribution in [0.25, 0.3) is 0 Å². The fourth-order valence-corrected chi connectivity index (χ4v) is 1.03. The average molecular weight is 167 g/mol. The maximum absolute atomic E-state index is 11.0. The molecular weight excluding hydrogens is 154 g/mol. The number of aromatic nitrogens is 2. The third-order valence-electron chi connectivity index (χ3n) is 1.79. The Morgan fingerprint density at radius 3 is 2.92 bits per heavy atom. The second-order valence-corrected chi connectivity index (χ2v) is 2.71. The molecule has 66 valence electrons. The van der Waals surface area contributed by atoms with Crippen molar-refractivity contribution in [2.45, 2.75) is 19.5 Å². The van der Waals surface area contributed by atoms with Gasteiger partial charge in [0.2, 0.25) is 0 Å². The molecule has 0 unspecified atom stereocenters. The van der Waals surface area contributed by atoms with Crippen LogP contribution in [0, 0.1) is 0 Å². The van der Waals surface area contributed by atoms with Gasteiger partial charge < -0.3 is 9.88 Å². The molecule has 0 saturated carbocycles. The molecule has 0 fully saturated rings. The molecular formula is C8H13N3O. The van der Waals surface area contributed by atoms with Gasteiger partial charge in [-0.1, -0.05) is 0 Å². The van der Waals surface area contributed by atoms with Gasteiger partial charge in [-0.15, -0.1) is 0 Å². The standard InChI is InChI=1S/C8H13N3O/c1-7(12)8(9-2)5-11-4-3-10-6-11/h3-4,6,8-9H,5H2,1-2H3/t8-/m0/s1. The van der Waals surface area contributed by atoms with Gasteiger partial charge in [0.1, 0.15) is 5.78 Å². The number of hydrogen-bond donors (Lipinski definition) is 1. The van der Waals surface area contributed by atoms with E-state index in [1.165, 1.54) is 0 Å². The highest BCUT2D eigenvalue weighted by molar-refractivity contribution is 5.81. The fraction of sp³-hybridized carbons (Fsp3) is 0.500. The van der Waals surface area contributed by atoms with Crippen LogP contribution in [0.1, 0.15) is 6.92 Å². The van der Waals surface area contributed by atoms with E-state index in [1.807, 2.05) is 10.8 Å². The van der Waals surface area contributed by atoms with Crippen LogP contribution in [0.15, 0.2) is 18.7 Å². The molecule has 1 N–H and O–H groups in total. The zero-order chi connectivity index (χ0) is 8.97. The second kappa shape index (κ2) is 4.01. The number of nitrogens with one attached hydrogen (secondary N) is 1. The lowest BCUT2D eigenvalue weighted by Crippen LogP contribution is -2.36. The zero-order valence-corrected chi connectivity index (χ0v) is 7.32. The SMILES string of the molecule is CN[C@@H](Cn1ccnc1)C(C)=O. The molecule has 4 heteroatoms. The highest BCUT2D eigenvalue weighted by atomic mass is 16.1. The van der Waals surface area contributed by atoms with Crippen LogP contribution in [0.2, 0.25) is 0 Å². The van der Waals surface area contributed by atoms with E-state index in [-0.39, 0.29) is 11.8 Å². The highest BCUT2D eigenvalue weighted by Gasteiger charge is 2.10. The fourth-order valence-electron chi connectivity index (χ4n) is 1.03. The zero-order valence-electron chi connectivity index (χ0n) is 7.32. The first-order chi connectivity index (χ1) is 5.74. The number of nitrogens with zero attached hydrogens (tertiary/aromatic N) is 2. The molecule has 0 bridgehead atoms. The third-order valence-corrected chi connectivity index (χ3v) is 1.79. The molecule has 0 aliphatic rings. The van der Waals surface area contributed by atoms with Crippen molar-refractivity contribution in [1.82, 2.24) is 14.9 Å². The lowest BCUT2D eigenvalue weighted by molar-refractivity contribution is -0.119. The van der Waals surface area contributed by atoms with Crippen LogP contribution in [-0.2, 0) is 11.3 Å². The van der Waals surface area contributed by atoms with E-state index >= 15 is 0 Å². The predicted molar refractivity (Wildman–Crippen MR) is 45.8 cm³/mol. The minimum Gasteiger partial charge on any atom is -0.335 e. The van der Waals surface area contributed by atoms with Crippen molar-refractivity contribution >= 4 is 5.78 Å². The van der Waals surface area contributed by atoms with Gasteiger partial charge in [0.25, 0.3) is 0 Å². The van der Waals surface area contributed by atoms with E-state index in [9.17, 15) is 4.79 Å². The normalized spacial score (nSPS) is 12.8. The van der Waals surface area contributed by atoms with Crippen molar-refractivity contribution in [3.63, 3.8) is 0 Å². The van der Waals surface area contributed by atoms with E-state index in [4.69, 9.17) is 0 Å². The van der Waals surface area contributed by atoms with Crippen LogP contribution < -0.4 is 5.32 Å². The summed E-state index contributed by atoms with van der Waals surface area (Å²) in [6.07, 6.45) is 5.24. The number of carbonyl (C=O) groups excluding carboxylic acids is 1. The molecule has 0 amide bonds. The van der Waals surface area contributed by atoms with Gasteiger partial charge in [-0.2, -0.15) is 0 Å². The van der Waals surface area contributed by atoms with Crippen molar-refractivity contribution in [1.29, 1.82) is 0 Å². The lowest BCUT2D eigenvalue weighted by Gasteiger charge is -2.12. The van der Waals surface area contributed by atoms with E-state index < -0.39 is 0 Å². The lowest BCUT2D eigenvalue weighted by atomic mass is 10.2. The maximum atomic E-state index is 11.0. The van der Waals surface area contributed by atoms with Crippen molar-refractivity contribution in [3.8, 4) is 0 Å². The van der Waals surface area contributed by atoms with Crippen LogP contribution in [0.3, 0.4) is 0 Å². The van der Waals surface area contributed by atoms with Gasteiger partial charge in [0, 0.05) is 18.9 Å². The molecule has 0 spiro atoms. The van der Waals surface area contributed by atoms with Crippen molar-refractivity contribution < 1.29 is 4.79 Å². The van der Waals surface area contributed by atoms with Gasteiger partial charge in [-0.3, -0.25) is 4.79 Å². The number of imidazole rings is 1. The first-order valence-corrected chi connectivity index (χ1v) is 3.87. The van der Waals surface area contributed by atoms with E-state index in [0.717, 1.165) is 0 Å². The molecule has 1 aromatic heterocycles. The summed E-state index contributed by atoms with van der Waals surface area (Å²) >= 11 is 0. The molecule has 0 radical (unpaired) electrons. The predicted octanol–water partition coefficient (Wildman–Crippen LogP) is 0.0601. The first-order valence-electron chi connectivity index (χ1n) is 3.87. The van der Waals surface area contributed by atoms with E-state index in [1.54, 1.807) is 26.5 Å². The molecule has 0 saturated heterocycles. The van der Waals surface area contributed by atoms with Crippen LogP contribution in [0.5, 0.6) is 0 Å². The quantitative estimate of drug-likeness (QED) is 0.689. The second-order valence-electron chi connectivity index (χ2n) is 2.71. The Bertz CT molecular complexity index is 243. The first kappa shape index (κ1) is 8.93. The summed E-state index contributed by atoms with van der Waals surface area (Å²) in [4.78, 5) is 14.9. The van der Waals surface area contributed by atoms with Crippen molar-refractivity contribution in [3.05, 3.63) is 18.7 Å². The molecule has 1 heterocycles. The molecule has 0 aromatic carbocycles. The highest BCUT2D eigenvalue weighted by Crippen LogP contribution is 1.92. The Kier molecular flexibility index (Phi) is 2.99. The van der Waals surface area contributed by atoms with Gasteiger partial charge in [-0.05, 0) is 14.0 Å². The van der Waals surface area contributed by atoms with Gasteiger partial charge in [-0.25, -0.2) is 4.98 Å². The Morgan fingerprint density at radius 2 is 2.50 bits per heavy atom. The number of rotatable bonds is 4. The Balaban J connectivity index is 2.54. The Hall–Kier alpha value is -1.16. The third kappa shape index (κ3) is 2.17. The largest absolute Gasteiger partial charge is 0.335 e. The van der Waals surface area contributed by atoms with Crippen LogP contribution >= 0.6 is 0 Å². The van der Waals surface area contributed by atoms with Crippen LogP contribution in [0.4, 0.5) is 0 Å². The molecule has 0 aliphatic heterocycles. The van der Waals surface area contributed by atoms with Gasteiger partial charge >= 0.3 is 0 Å². The number of ketones is 1. The van der Waals surface area contributed by atoms with Crippen molar-refractivity contribution in [2.75, 3.05) is 7.05 Å². The summed E-state index contributed by atoms with van der Waals surface area (Å²) in [5, 5.41) is 2.94. The summed E-state index contributed by atoms with van der Waals surface area (Å²) in [6.45, 7) is 2.23.